The minimum atomic E-state index is -0.0267. The SMILES string of the molecule is O=Cc1cc2cccnc2cc1O. The molecule has 2 rings (SSSR count). The lowest BCUT2D eigenvalue weighted by Gasteiger charge is -1.99. The van der Waals surface area contributed by atoms with E-state index in [1.165, 1.54) is 6.07 Å². The molecule has 0 spiro atoms. The monoisotopic (exact) mass is 173 g/mol. The highest BCUT2D eigenvalue weighted by Gasteiger charge is 2.02. The summed E-state index contributed by atoms with van der Waals surface area (Å²) < 4.78 is 0. The van der Waals surface area contributed by atoms with Crippen molar-refractivity contribution in [1.29, 1.82) is 0 Å². The van der Waals surface area contributed by atoms with Crippen molar-refractivity contribution in [2.75, 3.05) is 0 Å². The van der Waals surface area contributed by atoms with Gasteiger partial charge in [-0.2, -0.15) is 0 Å². The molecular formula is C10H7NO2. The smallest absolute Gasteiger partial charge is 0.153 e. The highest BCUT2D eigenvalue weighted by molar-refractivity contribution is 5.89. The summed E-state index contributed by atoms with van der Waals surface area (Å²) in [7, 11) is 0. The van der Waals surface area contributed by atoms with Crippen LogP contribution in [0, 0.1) is 0 Å². The highest BCUT2D eigenvalue weighted by Crippen LogP contribution is 2.21. The van der Waals surface area contributed by atoms with Crippen molar-refractivity contribution in [3.8, 4) is 5.75 Å². The first-order valence-electron chi connectivity index (χ1n) is 3.84. The van der Waals surface area contributed by atoms with E-state index in [2.05, 4.69) is 4.98 Å². The molecule has 0 radical (unpaired) electrons. The van der Waals surface area contributed by atoms with Crippen LogP contribution in [0.2, 0.25) is 0 Å². The molecular weight excluding hydrogens is 166 g/mol. The van der Waals surface area contributed by atoms with Crippen LogP contribution in [-0.2, 0) is 0 Å². The summed E-state index contributed by atoms with van der Waals surface area (Å²) in [5.41, 5.74) is 0.978. The predicted octanol–water partition coefficient (Wildman–Crippen LogP) is 1.75. The first kappa shape index (κ1) is 7.73. The fraction of sp³-hybridized carbons (Fsp3) is 0. The molecule has 2 aromatic rings. The van der Waals surface area contributed by atoms with Crippen LogP contribution >= 0.6 is 0 Å². The number of carbonyl (C=O) groups excluding carboxylic acids is 1. The Hall–Kier alpha value is -1.90. The molecule has 1 heterocycles. The van der Waals surface area contributed by atoms with Crippen molar-refractivity contribution in [3.63, 3.8) is 0 Å². The van der Waals surface area contributed by atoms with E-state index in [4.69, 9.17) is 0 Å². The van der Waals surface area contributed by atoms with Crippen LogP contribution in [0.25, 0.3) is 10.9 Å². The first-order valence-corrected chi connectivity index (χ1v) is 3.84. The van der Waals surface area contributed by atoms with Crippen molar-refractivity contribution in [2.45, 2.75) is 0 Å². The molecule has 0 aliphatic rings. The molecule has 0 unspecified atom stereocenters. The molecule has 0 saturated heterocycles. The number of phenols is 1. The summed E-state index contributed by atoms with van der Waals surface area (Å²) in [5, 5.41) is 10.2. The van der Waals surface area contributed by atoms with E-state index < -0.39 is 0 Å². The van der Waals surface area contributed by atoms with Crippen LogP contribution in [0.4, 0.5) is 0 Å². The van der Waals surface area contributed by atoms with Crippen molar-refractivity contribution >= 4 is 17.2 Å². The Balaban J connectivity index is 2.81. The molecule has 3 nitrogen and oxygen atoms in total. The maximum atomic E-state index is 10.5. The summed E-state index contributed by atoms with van der Waals surface area (Å²) >= 11 is 0. The number of fused-ring (bicyclic) bond motifs is 1. The van der Waals surface area contributed by atoms with Gasteiger partial charge in [-0.25, -0.2) is 0 Å². The van der Waals surface area contributed by atoms with E-state index in [0.29, 0.717) is 17.4 Å². The second-order valence-electron chi connectivity index (χ2n) is 2.72. The van der Waals surface area contributed by atoms with Gasteiger partial charge in [-0.05, 0) is 12.1 Å². The Morgan fingerprint density at radius 2 is 2.23 bits per heavy atom. The van der Waals surface area contributed by atoms with Gasteiger partial charge in [0, 0.05) is 17.6 Å². The number of aromatic hydroxyl groups is 1. The highest BCUT2D eigenvalue weighted by atomic mass is 16.3. The zero-order valence-corrected chi connectivity index (χ0v) is 6.77. The van der Waals surface area contributed by atoms with Gasteiger partial charge in [0.1, 0.15) is 5.75 Å². The molecule has 0 fully saturated rings. The largest absolute Gasteiger partial charge is 0.507 e. The number of hydrogen-bond acceptors (Lipinski definition) is 3. The number of aldehydes is 1. The number of nitrogens with zero attached hydrogens (tertiary/aromatic N) is 1. The fourth-order valence-electron chi connectivity index (χ4n) is 1.22. The second-order valence-corrected chi connectivity index (χ2v) is 2.72. The number of rotatable bonds is 1. The van der Waals surface area contributed by atoms with Gasteiger partial charge in [0.05, 0.1) is 11.1 Å². The lowest BCUT2D eigenvalue weighted by molar-refractivity contribution is 0.112. The Morgan fingerprint density at radius 1 is 1.38 bits per heavy atom. The fourth-order valence-corrected chi connectivity index (χ4v) is 1.22. The van der Waals surface area contributed by atoms with Gasteiger partial charge in [0.15, 0.2) is 6.29 Å². The van der Waals surface area contributed by atoms with Gasteiger partial charge < -0.3 is 5.11 Å². The van der Waals surface area contributed by atoms with Crippen LogP contribution in [0.1, 0.15) is 10.4 Å². The Kier molecular flexibility index (Phi) is 1.70. The topological polar surface area (TPSA) is 50.2 Å². The molecule has 13 heavy (non-hydrogen) atoms. The van der Waals surface area contributed by atoms with Gasteiger partial charge in [-0.1, -0.05) is 6.07 Å². The first-order chi connectivity index (χ1) is 6.31. The molecule has 0 atom stereocenters. The molecule has 1 aromatic carbocycles. The number of pyridine rings is 1. The number of phenolic OH excluding ortho intramolecular Hbond substituents is 1. The lowest BCUT2D eigenvalue weighted by Crippen LogP contribution is -1.83. The van der Waals surface area contributed by atoms with Crippen LogP contribution in [-0.4, -0.2) is 16.4 Å². The van der Waals surface area contributed by atoms with Crippen LogP contribution in [0.15, 0.2) is 30.5 Å². The number of hydrogen-bond donors (Lipinski definition) is 1. The van der Waals surface area contributed by atoms with E-state index in [-0.39, 0.29) is 5.75 Å². The van der Waals surface area contributed by atoms with Crippen LogP contribution < -0.4 is 0 Å². The van der Waals surface area contributed by atoms with E-state index in [0.717, 1.165) is 5.39 Å². The standard InChI is InChI=1S/C10H7NO2/c12-6-8-4-7-2-1-3-11-9(7)5-10(8)13/h1-6,13H. The summed E-state index contributed by atoms with van der Waals surface area (Å²) in [6.07, 6.45) is 2.27. The van der Waals surface area contributed by atoms with Crippen LogP contribution in [0.3, 0.4) is 0 Å². The van der Waals surface area contributed by atoms with Crippen molar-refractivity contribution in [2.24, 2.45) is 0 Å². The molecule has 0 amide bonds. The van der Waals surface area contributed by atoms with Gasteiger partial charge >= 0.3 is 0 Å². The molecule has 0 aliphatic carbocycles. The predicted molar refractivity (Wildman–Crippen MR) is 48.8 cm³/mol. The maximum absolute atomic E-state index is 10.5. The van der Waals surface area contributed by atoms with Gasteiger partial charge in [0.25, 0.3) is 0 Å². The third-order valence-electron chi connectivity index (χ3n) is 1.88. The van der Waals surface area contributed by atoms with E-state index in [9.17, 15) is 9.90 Å². The summed E-state index contributed by atoms with van der Waals surface area (Å²) in [6.45, 7) is 0. The van der Waals surface area contributed by atoms with Gasteiger partial charge in [0.2, 0.25) is 0 Å². The van der Waals surface area contributed by atoms with Crippen LogP contribution in [0.5, 0.6) is 5.75 Å². The normalized spacial score (nSPS) is 10.2. The Bertz CT molecular complexity index is 465. The second kappa shape index (κ2) is 2.86. The van der Waals surface area contributed by atoms with Gasteiger partial charge in [-0.15, -0.1) is 0 Å². The minimum Gasteiger partial charge on any atom is -0.507 e. The zero-order chi connectivity index (χ0) is 9.26. The molecule has 1 N–H and O–H groups in total. The molecule has 0 bridgehead atoms. The Morgan fingerprint density at radius 3 is 3.00 bits per heavy atom. The lowest BCUT2D eigenvalue weighted by atomic mass is 10.1. The average molecular weight is 173 g/mol. The minimum absolute atomic E-state index is 0.0267. The van der Waals surface area contributed by atoms with E-state index in [1.54, 1.807) is 18.3 Å². The van der Waals surface area contributed by atoms with Crippen molar-refractivity contribution in [3.05, 3.63) is 36.0 Å². The van der Waals surface area contributed by atoms with E-state index >= 15 is 0 Å². The van der Waals surface area contributed by atoms with E-state index in [1.807, 2.05) is 6.07 Å². The van der Waals surface area contributed by atoms with Crippen molar-refractivity contribution < 1.29 is 9.90 Å². The molecule has 3 heteroatoms. The number of benzene rings is 1. The third-order valence-corrected chi connectivity index (χ3v) is 1.88. The summed E-state index contributed by atoms with van der Waals surface area (Å²) in [5.74, 6) is -0.0267. The zero-order valence-electron chi connectivity index (χ0n) is 6.77. The molecule has 0 saturated carbocycles. The molecule has 64 valence electrons. The molecule has 0 aliphatic heterocycles. The summed E-state index contributed by atoms with van der Waals surface area (Å²) in [6, 6.07) is 6.73. The maximum Gasteiger partial charge on any atom is 0.153 e. The summed E-state index contributed by atoms with van der Waals surface area (Å²) in [4.78, 5) is 14.5. The molecule has 1 aromatic heterocycles. The van der Waals surface area contributed by atoms with Crippen molar-refractivity contribution in [1.82, 2.24) is 4.98 Å². The number of carbonyl (C=O) groups is 1. The number of aromatic nitrogens is 1. The third kappa shape index (κ3) is 1.24. The quantitative estimate of drug-likeness (QED) is 0.668. The average Bonchev–Trinajstić information content (AvgIpc) is 2.17. The Labute approximate surface area is 74.7 Å². The van der Waals surface area contributed by atoms with Gasteiger partial charge in [-0.3, -0.25) is 9.78 Å².